The molecule has 198 valence electrons. The molecule has 0 unspecified atom stereocenters. The van der Waals surface area contributed by atoms with Crippen molar-refractivity contribution in [3.05, 3.63) is 60.2 Å². The van der Waals surface area contributed by atoms with E-state index in [9.17, 15) is 14.0 Å². The Labute approximate surface area is 223 Å². The third kappa shape index (κ3) is 5.82. The summed E-state index contributed by atoms with van der Waals surface area (Å²) in [4.78, 5) is 29.2. The largest absolute Gasteiger partial charge is 0.462 e. The van der Waals surface area contributed by atoms with Crippen molar-refractivity contribution in [1.82, 2.24) is 10.3 Å². The van der Waals surface area contributed by atoms with Gasteiger partial charge in [0.25, 0.3) is 0 Å². The molecule has 1 aromatic heterocycles. The summed E-state index contributed by atoms with van der Waals surface area (Å²) >= 11 is 0. The number of pyridine rings is 1. The quantitative estimate of drug-likeness (QED) is 0.478. The molecule has 7 atom stereocenters. The number of amides is 1. The first-order valence-corrected chi connectivity index (χ1v) is 13.0. The fourth-order valence-electron chi connectivity index (χ4n) is 6.64. The molecule has 1 N–H and O–H groups in total. The lowest BCUT2D eigenvalue weighted by atomic mass is 9.57. The number of carbonyl (C=O) groups excluding carboxylic acids is 2. The molecular weight excluding hydrogens is 495 g/mol. The number of nitrogens with one attached hydrogen (secondary N) is 1. The minimum Gasteiger partial charge on any atom is -0.462 e. The van der Waals surface area contributed by atoms with Gasteiger partial charge in [-0.1, -0.05) is 24.3 Å². The highest BCUT2D eigenvalue weighted by atomic mass is 35.5. The van der Waals surface area contributed by atoms with Crippen molar-refractivity contribution >= 4 is 30.5 Å². The number of allylic oxidation sites excluding steroid dienone is 1. The van der Waals surface area contributed by atoms with Gasteiger partial charge in [-0.3, -0.25) is 9.78 Å². The summed E-state index contributed by atoms with van der Waals surface area (Å²) in [5, 5.41) is 3.00. The van der Waals surface area contributed by atoms with Crippen LogP contribution in [0, 0.1) is 35.4 Å². The molecule has 5 rings (SSSR count). The van der Waals surface area contributed by atoms with Crippen molar-refractivity contribution in [3.8, 4) is 11.1 Å². The maximum Gasteiger partial charge on any atom is 0.407 e. The van der Waals surface area contributed by atoms with Gasteiger partial charge in [0, 0.05) is 23.7 Å². The standard InChI is InChI=1S/C29H33FN2O4.ClH/c1-3-35-29(34)32-23-10-11-24-20(14-23)15-26-27(17(2)36-28(26)33)25(24)12-9-22-8-7-19(16-31-22)18-5-4-6-21(30)13-18;/h4-9,12-13,16-17,20,23-27H,3,10-11,14-15H2,1-2H3,(H,32,34);1H/b12-9+;/t17-,20+,23-,24-,25+,26-,27+;/m1./s1. The van der Waals surface area contributed by atoms with Crippen LogP contribution in [0.1, 0.15) is 45.2 Å². The van der Waals surface area contributed by atoms with E-state index in [0.717, 1.165) is 42.5 Å². The predicted molar refractivity (Wildman–Crippen MR) is 141 cm³/mol. The number of esters is 1. The molecule has 37 heavy (non-hydrogen) atoms. The summed E-state index contributed by atoms with van der Waals surface area (Å²) in [6.07, 6.45) is 9.07. The van der Waals surface area contributed by atoms with E-state index in [1.165, 1.54) is 12.1 Å². The Balaban J connectivity index is 0.00000320. The van der Waals surface area contributed by atoms with Crippen LogP contribution in [-0.2, 0) is 14.3 Å². The molecule has 1 aromatic carbocycles. The van der Waals surface area contributed by atoms with Crippen LogP contribution >= 0.6 is 12.4 Å². The summed E-state index contributed by atoms with van der Waals surface area (Å²) < 4.78 is 24.3. The van der Waals surface area contributed by atoms with Gasteiger partial charge in [0.2, 0.25) is 0 Å². The van der Waals surface area contributed by atoms with Gasteiger partial charge in [-0.15, -0.1) is 12.4 Å². The fourth-order valence-corrected chi connectivity index (χ4v) is 6.64. The fraction of sp³-hybridized carbons (Fsp3) is 0.483. The maximum atomic E-state index is 13.6. The SMILES string of the molecule is CCOC(=O)N[C@@H]1CC[C@@H]2[C@@H](C1)C[C@H]1C(=O)O[C@H](C)[C@H]1[C@H]2/C=C/c1ccc(-c2cccc(F)c2)cn1.Cl. The van der Waals surface area contributed by atoms with Crippen molar-refractivity contribution < 1.29 is 23.5 Å². The summed E-state index contributed by atoms with van der Waals surface area (Å²) in [6.45, 7) is 4.15. The average Bonchev–Trinajstić information content (AvgIpc) is 3.15. The van der Waals surface area contributed by atoms with Crippen LogP contribution in [0.2, 0.25) is 0 Å². The normalized spacial score (nSPS) is 30.6. The van der Waals surface area contributed by atoms with E-state index in [0.29, 0.717) is 18.4 Å². The third-order valence-electron chi connectivity index (χ3n) is 8.18. The first-order valence-electron chi connectivity index (χ1n) is 13.0. The molecule has 3 fully saturated rings. The molecule has 8 heteroatoms. The van der Waals surface area contributed by atoms with Gasteiger partial charge in [-0.2, -0.15) is 0 Å². The molecule has 2 aliphatic carbocycles. The first-order chi connectivity index (χ1) is 17.4. The van der Waals surface area contributed by atoms with Crippen LogP contribution < -0.4 is 5.32 Å². The minimum absolute atomic E-state index is 0. The van der Waals surface area contributed by atoms with Gasteiger partial charge in [0.15, 0.2) is 0 Å². The summed E-state index contributed by atoms with van der Waals surface area (Å²) in [5.74, 6) is 0.629. The van der Waals surface area contributed by atoms with E-state index in [-0.39, 0.29) is 60.2 Å². The zero-order valence-corrected chi connectivity index (χ0v) is 22.0. The Bertz CT molecular complexity index is 1140. The monoisotopic (exact) mass is 528 g/mol. The summed E-state index contributed by atoms with van der Waals surface area (Å²) in [6, 6.07) is 10.4. The van der Waals surface area contributed by atoms with Crippen LogP contribution in [0.25, 0.3) is 17.2 Å². The van der Waals surface area contributed by atoms with Crippen LogP contribution in [0.4, 0.5) is 9.18 Å². The van der Waals surface area contributed by atoms with Crippen molar-refractivity contribution in [2.45, 2.75) is 51.7 Å². The molecule has 0 radical (unpaired) electrons. The number of cyclic esters (lactones) is 1. The highest BCUT2D eigenvalue weighted by Gasteiger charge is 2.54. The van der Waals surface area contributed by atoms with Crippen molar-refractivity contribution in [2.24, 2.45) is 29.6 Å². The predicted octanol–water partition coefficient (Wildman–Crippen LogP) is 6.05. The van der Waals surface area contributed by atoms with Crippen LogP contribution in [-0.4, -0.2) is 35.8 Å². The second-order valence-electron chi connectivity index (χ2n) is 10.3. The molecular formula is C29H34ClFN2O4. The van der Waals surface area contributed by atoms with E-state index in [1.807, 2.05) is 31.2 Å². The van der Waals surface area contributed by atoms with Crippen LogP contribution in [0.15, 0.2) is 48.7 Å². The first kappa shape index (κ1) is 27.1. The zero-order valence-electron chi connectivity index (χ0n) is 21.1. The Morgan fingerprint density at radius 2 is 2.05 bits per heavy atom. The third-order valence-corrected chi connectivity index (χ3v) is 8.18. The molecule has 2 saturated carbocycles. The lowest BCUT2D eigenvalue weighted by Gasteiger charge is -2.47. The Morgan fingerprint density at radius 3 is 2.78 bits per heavy atom. The molecule has 3 aliphatic rings. The lowest BCUT2D eigenvalue weighted by Crippen LogP contribution is -2.48. The van der Waals surface area contributed by atoms with Gasteiger partial charge in [0.1, 0.15) is 11.9 Å². The van der Waals surface area contributed by atoms with Gasteiger partial charge < -0.3 is 14.8 Å². The second-order valence-corrected chi connectivity index (χ2v) is 10.3. The molecule has 1 saturated heterocycles. The number of aromatic nitrogens is 1. The minimum atomic E-state index is -0.368. The van der Waals surface area contributed by atoms with E-state index in [2.05, 4.69) is 16.4 Å². The molecule has 2 heterocycles. The van der Waals surface area contributed by atoms with Crippen molar-refractivity contribution in [2.75, 3.05) is 6.61 Å². The summed E-state index contributed by atoms with van der Waals surface area (Å²) in [7, 11) is 0. The van der Waals surface area contributed by atoms with Crippen LogP contribution in [0.5, 0.6) is 0 Å². The topological polar surface area (TPSA) is 77.5 Å². The maximum absolute atomic E-state index is 13.6. The number of hydrogen-bond acceptors (Lipinski definition) is 5. The molecule has 1 aliphatic heterocycles. The second kappa shape index (κ2) is 11.6. The Kier molecular flexibility index (Phi) is 8.53. The van der Waals surface area contributed by atoms with Crippen LogP contribution in [0.3, 0.4) is 0 Å². The Morgan fingerprint density at radius 1 is 1.22 bits per heavy atom. The highest BCUT2D eigenvalue weighted by Crippen LogP contribution is 2.53. The number of rotatable bonds is 5. The molecule has 0 bridgehead atoms. The van der Waals surface area contributed by atoms with Gasteiger partial charge >= 0.3 is 12.1 Å². The lowest BCUT2D eigenvalue weighted by molar-refractivity contribution is -0.144. The number of carbonyl (C=O) groups is 2. The highest BCUT2D eigenvalue weighted by molar-refractivity contribution is 5.85. The number of fused-ring (bicyclic) bond motifs is 2. The number of hydrogen-bond donors (Lipinski definition) is 1. The van der Waals surface area contributed by atoms with Gasteiger partial charge in [-0.05, 0) is 87.1 Å². The van der Waals surface area contributed by atoms with E-state index >= 15 is 0 Å². The Hall–Kier alpha value is -2.93. The van der Waals surface area contributed by atoms with E-state index in [4.69, 9.17) is 9.47 Å². The molecule has 1 amide bonds. The average molecular weight is 529 g/mol. The van der Waals surface area contributed by atoms with Gasteiger partial charge in [0.05, 0.1) is 18.2 Å². The van der Waals surface area contributed by atoms with Crippen molar-refractivity contribution in [1.29, 1.82) is 0 Å². The number of alkyl carbamates (subject to hydrolysis) is 1. The zero-order chi connectivity index (χ0) is 25.2. The van der Waals surface area contributed by atoms with E-state index < -0.39 is 0 Å². The molecule has 6 nitrogen and oxygen atoms in total. The van der Waals surface area contributed by atoms with Crippen molar-refractivity contribution in [3.63, 3.8) is 0 Å². The number of nitrogens with zero attached hydrogens (tertiary/aromatic N) is 1. The molecule has 0 spiro atoms. The number of halogens is 2. The van der Waals surface area contributed by atoms with E-state index in [1.54, 1.807) is 19.2 Å². The molecule has 2 aromatic rings. The number of ether oxygens (including phenoxy) is 2. The number of benzene rings is 1. The van der Waals surface area contributed by atoms with Gasteiger partial charge in [-0.25, -0.2) is 9.18 Å². The summed E-state index contributed by atoms with van der Waals surface area (Å²) in [5.41, 5.74) is 2.48. The smallest absolute Gasteiger partial charge is 0.407 e.